The Hall–Kier alpha value is -0.780. The topological polar surface area (TPSA) is 32.3 Å². The predicted molar refractivity (Wildman–Crippen MR) is 72.6 cm³/mol. The molecule has 1 N–H and O–H groups in total. The fourth-order valence-corrected chi connectivity index (χ4v) is 4.37. The molecule has 0 bridgehead atoms. The molecular weight excluding hydrogens is 281 g/mol. The van der Waals surface area contributed by atoms with Gasteiger partial charge in [0.2, 0.25) is 5.91 Å². The number of nitrogens with one attached hydrogen (secondary N) is 1. The predicted octanol–water partition coefficient (Wildman–Crippen LogP) is 2.57. The average molecular weight is 304 g/mol. The number of hydrogen-bond donors (Lipinski definition) is 1. The van der Waals surface area contributed by atoms with Gasteiger partial charge in [0.25, 0.3) is 0 Å². The number of halogens is 3. The molecule has 21 heavy (non-hydrogen) atoms. The number of alkyl halides is 3. The maximum absolute atomic E-state index is 13.2. The van der Waals surface area contributed by atoms with Crippen molar-refractivity contribution < 1.29 is 18.0 Å². The lowest BCUT2D eigenvalue weighted by atomic mass is 9.77. The van der Waals surface area contributed by atoms with Gasteiger partial charge >= 0.3 is 6.18 Å². The van der Waals surface area contributed by atoms with Crippen LogP contribution in [0.4, 0.5) is 13.2 Å². The minimum absolute atomic E-state index is 0.111. The normalized spacial score (nSPS) is 37.4. The summed E-state index contributed by atoms with van der Waals surface area (Å²) < 4.78 is 39.6. The summed E-state index contributed by atoms with van der Waals surface area (Å²) in [7, 11) is 0. The Morgan fingerprint density at radius 1 is 1.05 bits per heavy atom. The summed E-state index contributed by atoms with van der Waals surface area (Å²) in [6, 6.07) is 0.113. The fourth-order valence-electron chi connectivity index (χ4n) is 4.37. The lowest BCUT2D eigenvalue weighted by Gasteiger charge is -2.41. The maximum Gasteiger partial charge on any atom is 0.392 e. The van der Waals surface area contributed by atoms with Crippen molar-refractivity contribution in [2.75, 3.05) is 19.6 Å². The van der Waals surface area contributed by atoms with Gasteiger partial charge in [0.05, 0.1) is 5.92 Å². The first-order chi connectivity index (χ1) is 9.98. The van der Waals surface area contributed by atoms with Gasteiger partial charge < -0.3 is 10.2 Å². The smallest absolute Gasteiger partial charge is 0.338 e. The highest BCUT2D eigenvalue weighted by Gasteiger charge is 2.50. The summed E-state index contributed by atoms with van der Waals surface area (Å²) in [5.74, 6) is -2.10. The summed E-state index contributed by atoms with van der Waals surface area (Å²) >= 11 is 0. The fraction of sp³-hybridized carbons (Fsp3) is 0.933. The molecule has 4 unspecified atom stereocenters. The molecule has 6 heteroatoms. The number of hydrogen-bond acceptors (Lipinski definition) is 2. The van der Waals surface area contributed by atoms with E-state index < -0.39 is 18.0 Å². The van der Waals surface area contributed by atoms with E-state index in [2.05, 4.69) is 5.32 Å². The Balaban J connectivity index is 1.76. The van der Waals surface area contributed by atoms with Crippen molar-refractivity contribution in [3.8, 4) is 0 Å². The molecule has 0 aromatic carbocycles. The van der Waals surface area contributed by atoms with Crippen LogP contribution < -0.4 is 5.32 Å². The van der Waals surface area contributed by atoms with Crippen LogP contribution >= 0.6 is 0 Å². The van der Waals surface area contributed by atoms with Gasteiger partial charge in [0.1, 0.15) is 0 Å². The minimum atomic E-state index is -4.25. The summed E-state index contributed by atoms with van der Waals surface area (Å²) in [4.78, 5) is 14.5. The average Bonchev–Trinajstić information content (AvgIpc) is 2.94. The van der Waals surface area contributed by atoms with Gasteiger partial charge in [-0.15, -0.1) is 0 Å². The molecule has 4 atom stereocenters. The molecule has 3 aliphatic rings. The second-order valence-corrected chi connectivity index (χ2v) is 6.70. The van der Waals surface area contributed by atoms with Crippen molar-refractivity contribution in [1.29, 1.82) is 0 Å². The number of piperidine rings is 1. The van der Waals surface area contributed by atoms with E-state index in [4.69, 9.17) is 0 Å². The van der Waals surface area contributed by atoms with Crippen molar-refractivity contribution in [3.05, 3.63) is 0 Å². The van der Waals surface area contributed by atoms with Gasteiger partial charge in [-0.05, 0) is 31.6 Å². The van der Waals surface area contributed by atoms with Crippen LogP contribution in [0.1, 0.15) is 38.5 Å². The Morgan fingerprint density at radius 3 is 2.57 bits per heavy atom. The van der Waals surface area contributed by atoms with E-state index in [9.17, 15) is 18.0 Å². The standard InChI is InChI=1S/C15H23F3N2O/c16-15(17,18)12-6-2-1-5-11(12)14(21)20-7-3-4-10-8-19-9-13(10)20/h10-13,19H,1-9H2. The van der Waals surface area contributed by atoms with Crippen LogP contribution in [-0.2, 0) is 4.79 Å². The maximum atomic E-state index is 13.2. The summed E-state index contributed by atoms with van der Waals surface area (Å²) in [6.45, 7) is 2.25. The highest BCUT2D eigenvalue weighted by molar-refractivity contribution is 5.80. The molecule has 3 nitrogen and oxygen atoms in total. The van der Waals surface area contributed by atoms with Crippen molar-refractivity contribution in [1.82, 2.24) is 10.2 Å². The van der Waals surface area contributed by atoms with Gasteiger partial charge in [-0.3, -0.25) is 4.79 Å². The molecule has 0 spiro atoms. The van der Waals surface area contributed by atoms with E-state index in [1.54, 1.807) is 4.90 Å². The Labute approximate surface area is 123 Å². The molecule has 3 fully saturated rings. The first-order valence-electron chi connectivity index (χ1n) is 8.06. The van der Waals surface area contributed by atoms with Gasteiger partial charge in [0, 0.05) is 31.6 Å². The number of rotatable bonds is 1. The number of nitrogens with zero attached hydrogens (tertiary/aromatic N) is 1. The monoisotopic (exact) mass is 304 g/mol. The van der Waals surface area contributed by atoms with Gasteiger partial charge in [-0.25, -0.2) is 0 Å². The second-order valence-electron chi connectivity index (χ2n) is 6.70. The zero-order valence-corrected chi connectivity index (χ0v) is 12.2. The number of carbonyl (C=O) groups is 1. The Bertz CT molecular complexity index is 399. The molecule has 2 aliphatic heterocycles. The van der Waals surface area contributed by atoms with Crippen LogP contribution in [-0.4, -0.2) is 42.7 Å². The van der Waals surface area contributed by atoms with Crippen molar-refractivity contribution in [2.24, 2.45) is 17.8 Å². The third-order valence-corrected chi connectivity index (χ3v) is 5.47. The molecule has 3 rings (SSSR count). The molecule has 0 aromatic heterocycles. The second kappa shape index (κ2) is 5.78. The van der Waals surface area contributed by atoms with E-state index in [0.29, 0.717) is 25.3 Å². The van der Waals surface area contributed by atoms with Crippen molar-refractivity contribution in [3.63, 3.8) is 0 Å². The van der Waals surface area contributed by atoms with E-state index in [1.165, 1.54) is 0 Å². The first kappa shape index (κ1) is 15.1. The van der Waals surface area contributed by atoms with Crippen LogP contribution in [0.2, 0.25) is 0 Å². The molecule has 1 aliphatic carbocycles. The Kier molecular flexibility index (Phi) is 4.17. The number of likely N-dealkylation sites (tertiary alicyclic amines) is 1. The van der Waals surface area contributed by atoms with E-state index in [1.807, 2.05) is 0 Å². The number of fused-ring (bicyclic) bond motifs is 1. The molecule has 120 valence electrons. The van der Waals surface area contributed by atoms with Crippen LogP contribution in [0.5, 0.6) is 0 Å². The van der Waals surface area contributed by atoms with Gasteiger partial charge in [-0.1, -0.05) is 12.8 Å². The molecule has 0 aromatic rings. The summed E-state index contributed by atoms with van der Waals surface area (Å²) in [6.07, 6.45) is -0.425. The molecule has 1 saturated carbocycles. The van der Waals surface area contributed by atoms with Crippen LogP contribution in [0.3, 0.4) is 0 Å². The van der Waals surface area contributed by atoms with E-state index >= 15 is 0 Å². The van der Waals surface area contributed by atoms with Gasteiger partial charge in [-0.2, -0.15) is 13.2 Å². The highest BCUT2D eigenvalue weighted by Crippen LogP contribution is 2.43. The Morgan fingerprint density at radius 2 is 1.81 bits per heavy atom. The van der Waals surface area contributed by atoms with Crippen LogP contribution in [0.15, 0.2) is 0 Å². The molecule has 2 saturated heterocycles. The van der Waals surface area contributed by atoms with Crippen LogP contribution in [0.25, 0.3) is 0 Å². The van der Waals surface area contributed by atoms with E-state index in [0.717, 1.165) is 32.4 Å². The van der Waals surface area contributed by atoms with Crippen molar-refractivity contribution >= 4 is 5.91 Å². The molecular formula is C15H23F3N2O. The zero-order chi connectivity index (χ0) is 15.0. The zero-order valence-electron chi connectivity index (χ0n) is 12.2. The molecule has 2 heterocycles. The quantitative estimate of drug-likeness (QED) is 0.807. The number of carbonyl (C=O) groups excluding carboxylic acids is 1. The van der Waals surface area contributed by atoms with Gasteiger partial charge in [0.15, 0.2) is 0 Å². The molecule has 1 amide bonds. The lowest BCUT2D eigenvalue weighted by Crippen LogP contribution is -2.53. The first-order valence-corrected chi connectivity index (χ1v) is 8.06. The molecule has 0 radical (unpaired) electrons. The van der Waals surface area contributed by atoms with Crippen molar-refractivity contribution in [2.45, 2.75) is 50.7 Å². The lowest BCUT2D eigenvalue weighted by molar-refractivity contribution is -0.202. The third kappa shape index (κ3) is 2.91. The summed E-state index contributed by atoms with van der Waals surface area (Å²) in [5.41, 5.74) is 0. The van der Waals surface area contributed by atoms with Crippen LogP contribution in [0, 0.1) is 17.8 Å². The largest absolute Gasteiger partial charge is 0.392 e. The number of amides is 1. The third-order valence-electron chi connectivity index (χ3n) is 5.47. The SMILES string of the molecule is O=C(C1CCCCC1C(F)(F)F)N1CCCC2CNCC21. The minimum Gasteiger partial charge on any atom is -0.338 e. The summed E-state index contributed by atoms with van der Waals surface area (Å²) in [5, 5.41) is 3.28. The van der Waals surface area contributed by atoms with E-state index in [-0.39, 0.29) is 18.4 Å². The highest BCUT2D eigenvalue weighted by atomic mass is 19.4.